The summed E-state index contributed by atoms with van der Waals surface area (Å²) >= 11 is 0. The first kappa shape index (κ1) is 23.8. The summed E-state index contributed by atoms with van der Waals surface area (Å²) in [6.45, 7) is 2.65. The molecule has 166 valence electrons. The lowest BCUT2D eigenvalue weighted by Gasteiger charge is -2.15. The Kier molecular flexibility index (Phi) is 9.41. The van der Waals surface area contributed by atoms with Gasteiger partial charge in [-0.05, 0) is 55.2 Å². The van der Waals surface area contributed by atoms with Gasteiger partial charge in [-0.3, -0.25) is 25.2 Å². The molecule has 2 amide bonds. The molecule has 2 aromatic rings. The number of pyridine rings is 1. The van der Waals surface area contributed by atoms with Crippen LogP contribution in [0.25, 0.3) is 0 Å². The zero-order chi connectivity index (χ0) is 22.6. The van der Waals surface area contributed by atoms with Gasteiger partial charge in [-0.15, -0.1) is 0 Å². The Morgan fingerprint density at radius 3 is 2.42 bits per heavy atom. The number of aliphatic carboxylic acids is 1. The minimum Gasteiger partial charge on any atom is -0.481 e. The highest BCUT2D eigenvalue weighted by Crippen LogP contribution is 2.23. The number of benzene rings is 1. The molecule has 0 saturated carbocycles. The van der Waals surface area contributed by atoms with Gasteiger partial charge in [-0.1, -0.05) is 12.1 Å². The van der Waals surface area contributed by atoms with Crippen molar-refractivity contribution < 1.29 is 23.9 Å². The van der Waals surface area contributed by atoms with Gasteiger partial charge in [0.25, 0.3) is 0 Å². The van der Waals surface area contributed by atoms with E-state index < -0.39 is 23.6 Å². The Morgan fingerprint density at radius 1 is 1.03 bits per heavy atom. The zero-order valence-electron chi connectivity index (χ0n) is 17.4. The quantitative estimate of drug-likeness (QED) is 0.321. The fourth-order valence-electron chi connectivity index (χ4n) is 2.99. The van der Waals surface area contributed by atoms with Crippen molar-refractivity contribution in [3.63, 3.8) is 0 Å². The molecular weight excluding hydrogens is 403 g/mol. The molecule has 8 nitrogen and oxygen atoms in total. The summed E-state index contributed by atoms with van der Waals surface area (Å²) in [5.74, 6) is -2.21. The lowest BCUT2D eigenvalue weighted by atomic mass is 9.92. The fourth-order valence-corrected chi connectivity index (χ4v) is 2.99. The number of carbonyl (C=O) groups excluding carboxylic acids is 2. The first-order chi connectivity index (χ1) is 14.8. The second kappa shape index (κ2) is 12.3. The van der Waals surface area contributed by atoms with E-state index in [1.165, 1.54) is 24.3 Å². The molecule has 4 N–H and O–H groups in total. The summed E-state index contributed by atoms with van der Waals surface area (Å²) in [6, 6.07) is 9.19. The molecule has 0 aliphatic rings. The first-order valence-corrected chi connectivity index (χ1v) is 10.0. The van der Waals surface area contributed by atoms with E-state index in [9.17, 15) is 18.8 Å². The molecule has 0 aliphatic carbocycles. The molecule has 0 saturated heterocycles. The van der Waals surface area contributed by atoms with Gasteiger partial charge in [0, 0.05) is 31.5 Å². The van der Waals surface area contributed by atoms with Gasteiger partial charge >= 0.3 is 5.97 Å². The molecule has 1 aromatic heterocycles. The van der Waals surface area contributed by atoms with E-state index in [2.05, 4.69) is 21.2 Å². The largest absolute Gasteiger partial charge is 0.481 e. The molecule has 1 unspecified atom stereocenters. The fraction of sp³-hybridized carbons (Fsp3) is 0.364. The molecule has 9 heteroatoms. The number of rotatable bonds is 11. The van der Waals surface area contributed by atoms with Crippen molar-refractivity contribution in [2.45, 2.75) is 44.9 Å². The van der Waals surface area contributed by atoms with Gasteiger partial charge in [-0.2, -0.15) is 0 Å². The van der Waals surface area contributed by atoms with Gasteiger partial charge in [0.2, 0.25) is 11.8 Å². The summed E-state index contributed by atoms with van der Waals surface area (Å²) in [5, 5.41) is 12.3. The van der Waals surface area contributed by atoms with E-state index in [-0.39, 0.29) is 25.2 Å². The van der Waals surface area contributed by atoms with Gasteiger partial charge < -0.3 is 10.4 Å². The van der Waals surface area contributed by atoms with Crippen molar-refractivity contribution in [1.29, 1.82) is 0 Å². The molecule has 0 spiro atoms. The number of carbonyl (C=O) groups is 3. The number of nitrogens with one attached hydrogen (secondary N) is 3. The van der Waals surface area contributed by atoms with Crippen molar-refractivity contribution in [2.24, 2.45) is 0 Å². The van der Waals surface area contributed by atoms with Crippen LogP contribution in [0.15, 0.2) is 42.6 Å². The average molecular weight is 430 g/mol. The summed E-state index contributed by atoms with van der Waals surface area (Å²) in [6.07, 6.45) is 2.91. The lowest BCUT2D eigenvalue weighted by Crippen LogP contribution is -2.42. The first-order valence-electron chi connectivity index (χ1n) is 10.0. The lowest BCUT2D eigenvalue weighted by molar-refractivity contribution is -0.137. The highest BCUT2D eigenvalue weighted by atomic mass is 19.1. The SMILES string of the molecule is Cc1ccnc(NCCCCC(=O)NNC(=O)CC(CC(=O)O)c2ccc(F)cc2)c1. The van der Waals surface area contributed by atoms with E-state index in [1.807, 2.05) is 19.1 Å². The number of hydrogen-bond donors (Lipinski definition) is 4. The molecule has 0 bridgehead atoms. The molecule has 0 radical (unpaired) electrons. The van der Waals surface area contributed by atoms with Crippen LogP contribution >= 0.6 is 0 Å². The smallest absolute Gasteiger partial charge is 0.303 e. The third kappa shape index (κ3) is 9.24. The predicted octanol–water partition coefficient (Wildman–Crippen LogP) is 2.91. The molecular formula is C22H27FN4O4. The van der Waals surface area contributed by atoms with E-state index in [0.717, 1.165) is 17.8 Å². The zero-order valence-corrected chi connectivity index (χ0v) is 17.4. The second-order valence-corrected chi connectivity index (χ2v) is 7.25. The third-order valence-corrected chi connectivity index (χ3v) is 4.59. The number of carboxylic acids is 1. The number of aryl methyl sites for hydroxylation is 1. The maximum Gasteiger partial charge on any atom is 0.303 e. The van der Waals surface area contributed by atoms with E-state index in [4.69, 9.17) is 5.11 Å². The van der Waals surface area contributed by atoms with Crippen LogP contribution in [0.5, 0.6) is 0 Å². The van der Waals surface area contributed by atoms with Crippen LogP contribution in [-0.2, 0) is 14.4 Å². The summed E-state index contributed by atoms with van der Waals surface area (Å²) in [5.41, 5.74) is 6.30. The van der Waals surface area contributed by atoms with Crippen molar-refractivity contribution in [1.82, 2.24) is 15.8 Å². The average Bonchev–Trinajstić information content (AvgIpc) is 2.72. The van der Waals surface area contributed by atoms with E-state index in [1.54, 1.807) is 6.20 Å². The maximum atomic E-state index is 13.1. The van der Waals surface area contributed by atoms with Crippen molar-refractivity contribution >= 4 is 23.6 Å². The summed E-state index contributed by atoms with van der Waals surface area (Å²) in [7, 11) is 0. The van der Waals surface area contributed by atoms with E-state index in [0.29, 0.717) is 18.5 Å². The number of hydrogen-bond acceptors (Lipinski definition) is 5. The summed E-state index contributed by atoms with van der Waals surface area (Å²) < 4.78 is 13.1. The van der Waals surface area contributed by atoms with Crippen LogP contribution < -0.4 is 16.2 Å². The number of halogens is 1. The van der Waals surface area contributed by atoms with Gasteiger partial charge in [0.1, 0.15) is 11.6 Å². The maximum absolute atomic E-state index is 13.1. The number of nitrogens with zero attached hydrogens (tertiary/aromatic N) is 1. The Labute approximate surface area is 180 Å². The number of aromatic nitrogens is 1. The van der Waals surface area contributed by atoms with Gasteiger partial charge in [0.15, 0.2) is 0 Å². The molecule has 31 heavy (non-hydrogen) atoms. The van der Waals surface area contributed by atoms with Crippen LogP contribution in [0, 0.1) is 12.7 Å². The Morgan fingerprint density at radius 2 is 1.74 bits per heavy atom. The van der Waals surface area contributed by atoms with Gasteiger partial charge in [0.05, 0.1) is 6.42 Å². The predicted molar refractivity (Wildman–Crippen MR) is 114 cm³/mol. The number of carboxylic acid groups (broad SMARTS) is 1. The molecule has 0 fully saturated rings. The number of unbranched alkanes of at least 4 members (excludes halogenated alkanes) is 1. The number of hydrazine groups is 1. The highest BCUT2D eigenvalue weighted by molar-refractivity contribution is 5.82. The topological polar surface area (TPSA) is 120 Å². The normalized spacial score (nSPS) is 11.4. The highest BCUT2D eigenvalue weighted by Gasteiger charge is 2.20. The van der Waals surface area contributed by atoms with Crippen LogP contribution in [0.3, 0.4) is 0 Å². The monoisotopic (exact) mass is 430 g/mol. The molecule has 0 aliphatic heterocycles. The Balaban J connectivity index is 1.68. The standard InChI is InChI=1S/C22H27FN4O4/c1-15-9-11-25-19(12-15)24-10-3-2-4-20(28)26-27-21(29)13-17(14-22(30)31)16-5-7-18(23)8-6-16/h5-9,11-12,17H,2-4,10,13-14H2,1H3,(H,24,25)(H,26,28)(H,27,29)(H,30,31). The number of anilines is 1. The Bertz CT molecular complexity index is 889. The molecule has 2 rings (SSSR count). The molecule has 1 atom stereocenters. The minimum absolute atomic E-state index is 0.147. The summed E-state index contributed by atoms with van der Waals surface area (Å²) in [4.78, 5) is 39.3. The Hall–Kier alpha value is -3.49. The minimum atomic E-state index is -1.07. The van der Waals surface area contributed by atoms with Crippen LogP contribution in [-0.4, -0.2) is 34.4 Å². The van der Waals surface area contributed by atoms with Gasteiger partial charge in [-0.25, -0.2) is 9.37 Å². The molecule has 1 heterocycles. The van der Waals surface area contributed by atoms with Crippen LogP contribution in [0.4, 0.5) is 10.2 Å². The van der Waals surface area contributed by atoms with Crippen molar-refractivity contribution in [2.75, 3.05) is 11.9 Å². The van der Waals surface area contributed by atoms with Crippen LogP contribution in [0.1, 0.15) is 49.1 Å². The third-order valence-electron chi connectivity index (χ3n) is 4.59. The van der Waals surface area contributed by atoms with E-state index >= 15 is 0 Å². The number of amides is 2. The van der Waals surface area contributed by atoms with Crippen LogP contribution in [0.2, 0.25) is 0 Å². The van der Waals surface area contributed by atoms with Crippen molar-refractivity contribution in [3.8, 4) is 0 Å². The molecule has 1 aromatic carbocycles. The van der Waals surface area contributed by atoms with Crippen molar-refractivity contribution in [3.05, 3.63) is 59.5 Å². The second-order valence-electron chi connectivity index (χ2n) is 7.25.